The van der Waals surface area contributed by atoms with Crippen molar-refractivity contribution in [1.29, 1.82) is 0 Å². The Bertz CT molecular complexity index is 321. The number of pyridine rings is 1. The van der Waals surface area contributed by atoms with E-state index in [1.54, 1.807) is 6.20 Å². The highest BCUT2D eigenvalue weighted by Crippen LogP contribution is 2.25. The van der Waals surface area contributed by atoms with Crippen molar-refractivity contribution >= 4 is 27.4 Å². The SMILES string of the molecule is Nc1cc(Br)cnc1NC1CCCC1. The zero-order valence-corrected chi connectivity index (χ0v) is 9.55. The molecule has 1 saturated carbocycles. The third-order valence-corrected chi connectivity index (χ3v) is 3.01. The second-order valence-electron chi connectivity index (χ2n) is 3.72. The molecule has 1 aromatic rings. The van der Waals surface area contributed by atoms with Crippen LogP contribution in [0.25, 0.3) is 0 Å². The fraction of sp³-hybridized carbons (Fsp3) is 0.500. The van der Waals surface area contributed by atoms with Crippen LogP contribution in [-0.4, -0.2) is 11.0 Å². The first kappa shape index (κ1) is 9.77. The summed E-state index contributed by atoms with van der Waals surface area (Å²) in [6.45, 7) is 0. The number of hydrogen-bond donors (Lipinski definition) is 2. The van der Waals surface area contributed by atoms with Gasteiger partial charge in [-0.25, -0.2) is 4.98 Å². The van der Waals surface area contributed by atoms with Crippen LogP contribution in [0.4, 0.5) is 11.5 Å². The van der Waals surface area contributed by atoms with Crippen LogP contribution in [0.15, 0.2) is 16.7 Å². The Hall–Kier alpha value is -0.770. The van der Waals surface area contributed by atoms with Gasteiger partial charge in [0, 0.05) is 16.7 Å². The highest BCUT2D eigenvalue weighted by atomic mass is 79.9. The number of rotatable bonds is 2. The summed E-state index contributed by atoms with van der Waals surface area (Å²) in [5.41, 5.74) is 6.56. The Morgan fingerprint density at radius 1 is 1.43 bits per heavy atom. The molecular formula is C10H14BrN3. The van der Waals surface area contributed by atoms with E-state index in [4.69, 9.17) is 5.73 Å². The number of hydrogen-bond acceptors (Lipinski definition) is 3. The van der Waals surface area contributed by atoms with Crippen LogP contribution in [-0.2, 0) is 0 Å². The first-order valence-electron chi connectivity index (χ1n) is 4.93. The molecule has 0 radical (unpaired) electrons. The van der Waals surface area contributed by atoms with Gasteiger partial charge in [-0.3, -0.25) is 0 Å². The third kappa shape index (κ3) is 2.18. The van der Waals surface area contributed by atoms with Gasteiger partial charge < -0.3 is 11.1 Å². The van der Waals surface area contributed by atoms with Gasteiger partial charge in [0.25, 0.3) is 0 Å². The number of nitrogens with zero attached hydrogens (tertiary/aromatic N) is 1. The third-order valence-electron chi connectivity index (χ3n) is 2.58. The fourth-order valence-electron chi connectivity index (χ4n) is 1.84. The molecule has 1 aromatic heterocycles. The molecule has 76 valence electrons. The van der Waals surface area contributed by atoms with Crippen LogP contribution < -0.4 is 11.1 Å². The zero-order chi connectivity index (χ0) is 9.97. The molecule has 1 heterocycles. The smallest absolute Gasteiger partial charge is 0.149 e. The summed E-state index contributed by atoms with van der Waals surface area (Å²) in [5, 5.41) is 3.38. The zero-order valence-electron chi connectivity index (χ0n) is 7.96. The lowest BCUT2D eigenvalue weighted by Gasteiger charge is -2.14. The number of halogens is 1. The van der Waals surface area contributed by atoms with E-state index < -0.39 is 0 Å². The quantitative estimate of drug-likeness (QED) is 0.855. The average molecular weight is 256 g/mol. The van der Waals surface area contributed by atoms with Crippen molar-refractivity contribution in [3.63, 3.8) is 0 Å². The standard InChI is InChI=1S/C10H14BrN3/c11-7-5-9(12)10(13-6-7)14-8-3-1-2-4-8/h5-6,8H,1-4,12H2,(H,13,14). The molecule has 1 fully saturated rings. The highest BCUT2D eigenvalue weighted by molar-refractivity contribution is 9.10. The number of nitrogens with two attached hydrogens (primary N) is 1. The van der Waals surface area contributed by atoms with E-state index in [9.17, 15) is 0 Å². The molecule has 1 aliphatic carbocycles. The molecular weight excluding hydrogens is 242 g/mol. The molecule has 14 heavy (non-hydrogen) atoms. The van der Waals surface area contributed by atoms with E-state index >= 15 is 0 Å². The minimum atomic E-state index is 0.561. The predicted molar refractivity (Wildman–Crippen MR) is 62.2 cm³/mol. The van der Waals surface area contributed by atoms with Crippen molar-refractivity contribution in [3.8, 4) is 0 Å². The molecule has 0 atom stereocenters. The number of nitrogen functional groups attached to an aromatic ring is 1. The van der Waals surface area contributed by atoms with Crippen LogP contribution in [0.1, 0.15) is 25.7 Å². The van der Waals surface area contributed by atoms with Crippen molar-refractivity contribution in [2.24, 2.45) is 0 Å². The molecule has 4 heteroatoms. The summed E-state index contributed by atoms with van der Waals surface area (Å²) in [4.78, 5) is 4.26. The van der Waals surface area contributed by atoms with Gasteiger partial charge in [0.1, 0.15) is 5.82 Å². The molecule has 0 bridgehead atoms. The molecule has 0 unspecified atom stereocenters. The normalized spacial score (nSPS) is 17.2. The molecule has 0 aromatic carbocycles. The van der Waals surface area contributed by atoms with Gasteiger partial charge in [-0.1, -0.05) is 12.8 Å². The van der Waals surface area contributed by atoms with Crippen LogP contribution in [0.3, 0.4) is 0 Å². The number of anilines is 2. The monoisotopic (exact) mass is 255 g/mol. The molecule has 0 amide bonds. The van der Waals surface area contributed by atoms with Gasteiger partial charge in [-0.2, -0.15) is 0 Å². The maximum Gasteiger partial charge on any atom is 0.149 e. The predicted octanol–water partition coefficient (Wildman–Crippen LogP) is 2.78. The molecule has 0 aliphatic heterocycles. The van der Waals surface area contributed by atoms with E-state index in [0.717, 1.165) is 10.3 Å². The van der Waals surface area contributed by atoms with E-state index in [1.165, 1.54) is 25.7 Å². The maximum absolute atomic E-state index is 5.84. The van der Waals surface area contributed by atoms with Crippen molar-refractivity contribution in [3.05, 3.63) is 16.7 Å². The molecule has 3 nitrogen and oxygen atoms in total. The van der Waals surface area contributed by atoms with Crippen molar-refractivity contribution in [2.75, 3.05) is 11.1 Å². The van der Waals surface area contributed by atoms with Crippen LogP contribution >= 0.6 is 15.9 Å². The number of aromatic nitrogens is 1. The van der Waals surface area contributed by atoms with Gasteiger partial charge in [-0.05, 0) is 34.8 Å². The Labute approximate surface area is 92.2 Å². The Morgan fingerprint density at radius 3 is 2.79 bits per heavy atom. The second-order valence-corrected chi connectivity index (χ2v) is 4.63. The largest absolute Gasteiger partial charge is 0.396 e. The van der Waals surface area contributed by atoms with E-state index in [-0.39, 0.29) is 0 Å². The van der Waals surface area contributed by atoms with Crippen molar-refractivity contribution in [1.82, 2.24) is 4.98 Å². The maximum atomic E-state index is 5.84. The van der Waals surface area contributed by atoms with Crippen LogP contribution in [0, 0.1) is 0 Å². The molecule has 0 saturated heterocycles. The van der Waals surface area contributed by atoms with Gasteiger partial charge in [0.05, 0.1) is 5.69 Å². The lowest BCUT2D eigenvalue weighted by atomic mass is 10.2. The molecule has 3 N–H and O–H groups in total. The topological polar surface area (TPSA) is 50.9 Å². The first-order chi connectivity index (χ1) is 6.75. The van der Waals surface area contributed by atoms with Gasteiger partial charge >= 0.3 is 0 Å². The summed E-state index contributed by atoms with van der Waals surface area (Å²) in [6, 6.07) is 2.44. The van der Waals surface area contributed by atoms with E-state index in [0.29, 0.717) is 11.7 Å². The molecule has 0 spiro atoms. The number of nitrogens with one attached hydrogen (secondary N) is 1. The Kier molecular flexibility index (Phi) is 2.91. The Morgan fingerprint density at radius 2 is 2.14 bits per heavy atom. The van der Waals surface area contributed by atoms with Crippen molar-refractivity contribution in [2.45, 2.75) is 31.7 Å². The molecule has 1 aliphatic rings. The molecule has 2 rings (SSSR count). The minimum Gasteiger partial charge on any atom is -0.396 e. The highest BCUT2D eigenvalue weighted by Gasteiger charge is 2.15. The average Bonchev–Trinajstić information content (AvgIpc) is 2.62. The van der Waals surface area contributed by atoms with E-state index in [1.807, 2.05) is 6.07 Å². The van der Waals surface area contributed by atoms with Crippen LogP contribution in [0.5, 0.6) is 0 Å². The van der Waals surface area contributed by atoms with Crippen LogP contribution in [0.2, 0.25) is 0 Å². The summed E-state index contributed by atoms with van der Waals surface area (Å²) in [7, 11) is 0. The summed E-state index contributed by atoms with van der Waals surface area (Å²) in [5.74, 6) is 0.820. The van der Waals surface area contributed by atoms with Gasteiger partial charge in [-0.15, -0.1) is 0 Å². The Balaban J connectivity index is 2.08. The second kappa shape index (κ2) is 4.17. The first-order valence-corrected chi connectivity index (χ1v) is 5.72. The summed E-state index contributed by atoms with van der Waals surface area (Å²) in [6.07, 6.45) is 6.87. The lowest BCUT2D eigenvalue weighted by Crippen LogP contribution is -2.16. The minimum absolute atomic E-state index is 0.561. The van der Waals surface area contributed by atoms with Gasteiger partial charge in [0.15, 0.2) is 0 Å². The summed E-state index contributed by atoms with van der Waals surface area (Å²) >= 11 is 3.34. The van der Waals surface area contributed by atoms with Crippen molar-refractivity contribution < 1.29 is 0 Å². The lowest BCUT2D eigenvalue weighted by molar-refractivity contribution is 0.751. The van der Waals surface area contributed by atoms with Gasteiger partial charge in [0.2, 0.25) is 0 Å². The summed E-state index contributed by atoms with van der Waals surface area (Å²) < 4.78 is 0.923. The fourth-order valence-corrected chi connectivity index (χ4v) is 2.19. The van der Waals surface area contributed by atoms with E-state index in [2.05, 4.69) is 26.2 Å².